The lowest BCUT2D eigenvalue weighted by molar-refractivity contribution is -0.125. The zero-order chi connectivity index (χ0) is 10.6. The molecule has 0 spiro atoms. The van der Waals surface area contributed by atoms with E-state index in [1.165, 1.54) is 0 Å². The van der Waals surface area contributed by atoms with Crippen LogP contribution in [0.2, 0.25) is 0 Å². The number of hydrogen-bond donors (Lipinski definition) is 2. The Labute approximate surface area is 85.4 Å². The second kappa shape index (κ2) is 4.75. The van der Waals surface area contributed by atoms with Crippen LogP contribution in [0.3, 0.4) is 0 Å². The van der Waals surface area contributed by atoms with E-state index < -0.39 is 0 Å². The summed E-state index contributed by atoms with van der Waals surface area (Å²) in [6, 6.07) is 0. The largest absolute Gasteiger partial charge is 0.375 e. The molecule has 1 aliphatic heterocycles. The lowest BCUT2D eigenvalue weighted by Gasteiger charge is -2.26. The highest BCUT2D eigenvalue weighted by molar-refractivity contribution is 5.77. The molecule has 4 nitrogen and oxygen atoms in total. The SMILES string of the molecule is CC(C)(C)NC(=O)CC1CNCCO1. The molecule has 1 saturated heterocycles. The molecule has 0 aliphatic carbocycles. The molecule has 0 bridgehead atoms. The first-order chi connectivity index (χ1) is 6.47. The fourth-order valence-electron chi connectivity index (χ4n) is 1.43. The van der Waals surface area contributed by atoms with Crippen LogP contribution >= 0.6 is 0 Å². The van der Waals surface area contributed by atoms with E-state index in [2.05, 4.69) is 10.6 Å². The molecule has 1 atom stereocenters. The van der Waals surface area contributed by atoms with Gasteiger partial charge in [0.15, 0.2) is 0 Å². The molecular formula is C10H20N2O2. The van der Waals surface area contributed by atoms with E-state index in [1.54, 1.807) is 0 Å². The molecule has 1 aliphatic rings. The number of carbonyl (C=O) groups excluding carboxylic acids is 1. The van der Waals surface area contributed by atoms with Gasteiger partial charge in [-0.15, -0.1) is 0 Å². The summed E-state index contributed by atoms with van der Waals surface area (Å²) in [7, 11) is 0. The first kappa shape index (κ1) is 11.5. The highest BCUT2D eigenvalue weighted by Crippen LogP contribution is 2.04. The minimum Gasteiger partial charge on any atom is -0.375 e. The summed E-state index contributed by atoms with van der Waals surface area (Å²) in [5, 5.41) is 6.12. The molecule has 14 heavy (non-hydrogen) atoms. The minimum absolute atomic E-state index is 0.0334. The maximum Gasteiger partial charge on any atom is 0.223 e. The maximum absolute atomic E-state index is 11.5. The molecule has 0 radical (unpaired) electrons. The molecule has 0 saturated carbocycles. The summed E-state index contributed by atoms with van der Waals surface area (Å²) < 4.78 is 5.44. The fraction of sp³-hybridized carbons (Fsp3) is 0.900. The van der Waals surface area contributed by atoms with Crippen molar-refractivity contribution >= 4 is 5.91 Å². The van der Waals surface area contributed by atoms with Gasteiger partial charge < -0.3 is 15.4 Å². The van der Waals surface area contributed by atoms with E-state index in [0.717, 1.165) is 13.1 Å². The molecule has 0 aromatic rings. The number of ether oxygens (including phenoxy) is 1. The maximum atomic E-state index is 11.5. The second-order valence-corrected chi connectivity index (χ2v) is 4.70. The van der Waals surface area contributed by atoms with Crippen molar-refractivity contribution in [3.8, 4) is 0 Å². The van der Waals surface area contributed by atoms with Gasteiger partial charge in [-0.25, -0.2) is 0 Å². The molecule has 0 aromatic heterocycles. The van der Waals surface area contributed by atoms with Gasteiger partial charge in [0.2, 0.25) is 5.91 Å². The van der Waals surface area contributed by atoms with Gasteiger partial charge in [0, 0.05) is 18.6 Å². The second-order valence-electron chi connectivity index (χ2n) is 4.70. The Morgan fingerprint density at radius 3 is 2.79 bits per heavy atom. The first-order valence-corrected chi connectivity index (χ1v) is 5.11. The first-order valence-electron chi connectivity index (χ1n) is 5.11. The van der Waals surface area contributed by atoms with Gasteiger partial charge in [0.1, 0.15) is 0 Å². The van der Waals surface area contributed by atoms with Crippen LogP contribution in [0.15, 0.2) is 0 Å². The van der Waals surface area contributed by atoms with Crippen molar-refractivity contribution in [2.24, 2.45) is 0 Å². The molecule has 1 heterocycles. The van der Waals surface area contributed by atoms with E-state index >= 15 is 0 Å². The fourth-order valence-corrected chi connectivity index (χ4v) is 1.43. The molecule has 4 heteroatoms. The number of hydrogen-bond acceptors (Lipinski definition) is 3. The van der Waals surface area contributed by atoms with Crippen LogP contribution in [0.25, 0.3) is 0 Å². The smallest absolute Gasteiger partial charge is 0.223 e. The van der Waals surface area contributed by atoms with Gasteiger partial charge in [-0.05, 0) is 20.8 Å². The van der Waals surface area contributed by atoms with E-state index in [-0.39, 0.29) is 17.6 Å². The third-order valence-corrected chi connectivity index (χ3v) is 1.93. The molecule has 1 rings (SSSR count). The number of carbonyl (C=O) groups is 1. The van der Waals surface area contributed by atoms with Crippen LogP contribution in [0, 0.1) is 0 Å². The van der Waals surface area contributed by atoms with Crippen molar-refractivity contribution in [1.82, 2.24) is 10.6 Å². The van der Waals surface area contributed by atoms with Gasteiger partial charge in [-0.1, -0.05) is 0 Å². The van der Waals surface area contributed by atoms with Gasteiger partial charge in [0.25, 0.3) is 0 Å². The van der Waals surface area contributed by atoms with Crippen molar-refractivity contribution in [3.05, 3.63) is 0 Å². The number of rotatable bonds is 2. The Bertz CT molecular complexity index is 193. The van der Waals surface area contributed by atoms with E-state index in [4.69, 9.17) is 4.74 Å². The number of morpholine rings is 1. The lowest BCUT2D eigenvalue weighted by atomic mass is 10.1. The van der Waals surface area contributed by atoms with Gasteiger partial charge >= 0.3 is 0 Å². The zero-order valence-electron chi connectivity index (χ0n) is 9.22. The molecular weight excluding hydrogens is 180 g/mol. The average Bonchev–Trinajstić information content (AvgIpc) is 2.02. The van der Waals surface area contributed by atoms with Gasteiger partial charge in [0.05, 0.1) is 19.1 Å². The Morgan fingerprint density at radius 2 is 2.29 bits per heavy atom. The molecule has 2 N–H and O–H groups in total. The van der Waals surface area contributed by atoms with Gasteiger partial charge in [-0.3, -0.25) is 4.79 Å². The van der Waals surface area contributed by atoms with Crippen molar-refractivity contribution in [3.63, 3.8) is 0 Å². The van der Waals surface area contributed by atoms with Crippen LogP contribution in [-0.4, -0.2) is 37.2 Å². The monoisotopic (exact) mass is 200 g/mol. The molecule has 1 fully saturated rings. The van der Waals surface area contributed by atoms with E-state index in [9.17, 15) is 4.79 Å². The standard InChI is InChI=1S/C10H20N2O2/c1-10(2,3)12-9(13)6-8-7-11-4-5-14-8/h8,11H,4-7H2,1-3H3,(H,12,13). The Hall–Kier alpha value is -0.610. The Balaban J connectivity index is 2.25. The highest BCUT2D eigenvalue weighted by Gasteiger charge is 2.20. The summed E-state index contributed by atoms with van der Waals surface area (Å²) >= 11 is 0. The van der Waals surface area contributed by atoms with Crippen LogP contribution in [0.4, 0.5) is 0 Å². The number of amides is 1. The van der Waals surface area contributed by atoms with Crippen molar-refractivity contribution in [2.75, 3.05) is 19.7 Å². The quantitative estimate of drug-likeness (QED) is 0.673. The Kier molecular flexibility index (Phi) is 3.89. The van der Waals surface area contributed by atoms with Crippen molar-refractivity contribution < 1.29 is 9.53 Å². The molecule has 1 unspecified atom stereocenters. The average molecular weight is 200 g/mol. The zero-order valence-corrected chi connectivity index (χ0v) is 9.22. The lowest BCUT2D eigenvalue weighted by Crippen LogP contribution is -2.45. The third-order valence-electron chi connectivity index (χ3n) is 1.93. The normalized spacial score (nSPS) is 23.2. The van der Waals surface area contributed by atoms with Crippen molar-refractivity contribution in [1.29, 1.82) is 0 Å². The van der Waals surface area contributed by atoms with E-state index in [0.29, 0.717) is 13.0 Å². The molecule has 1 amide bonds. The number of nitrogens with one attached hydrogen (secondary N) is 2. The van der Waals surface area contributed by atoms with Crippen LogP contribution < -0.4 is 10.6 Å². The summed E-state index contributed by atoms with van der Waals surface area (Å²) in [5.41, 5.74) is -0.154. The summed E-state index contributed by atoms with van der Waals surface area (Å²) in [5.74, 6) is 0.0613. The summed E-state index contributed by atoms with van der Waals surface area (Å²) in [4.78, 5) is 11.5. The van der Waals surface area contributed by atoms with Crippen molar-refractivity contribution in [2.45, 2.75) is 38.8 Å². The van der Waals surface area contributed by atoms with Crippen LogP contribution in [0.1, 0.15) is 27.2 Å². The third kappa shape index (κ3) is 4.58. The highest BCUT2D eigenvalue weighted by atomic mass is 16.5. The predicted octanol–water partition coefficient (Wildman–Crippen LogP) is 0.280. The molecule has 82 valence electrons. The summed E-state index contributed by atoms with van der Waals surface area (Å²) in [6.45, 7) is 8.29. The van der Waals surface area contributed by atoms with E-state index in [1.807, 2.05) is 20.8 Å². The summed E-state index contributed by atoms with van der Waals surface area (Å²) in [6.07, 6.45) is 0.482. The predicted molar refractivity (Wildman–Crippen MR) is 55.1 cm³/mol. The van der Waals surface area contributed by atoms with Crippen LogP contribution in [0.5, 0.6) is 0 Å². The topological polar surface area (TPSA) is 50.4 Å². The molecule has 0 aromatic carbocycles. The van der Waals surface area contributed by atoms with Gasteiger partial charge in [-0.2, -0.15) is 0 Å². The minimum atomic E-state index is -0.154. The van der Waals surface area contributed by atoms with Crippen LogP contribution in [-0.2, 0) is 9.53 Å². The Morgan fingerprint density at radius 1 is 1.57 bits per heavy atom.